The van der Waals surface area contributed by atoms with Crippen molar-refractivity contribution < 1.29 is 4.39 Å². The summed E-state index contributed by atoms with van der Waals surface area (Å²) in [6.07, 6.45) is 0. The second kappa shape index (κ2) is 5.29. The maximum Gasteiger partial charge on any atom is 0.125 e. The minimum atomic E-state index is -0.205. The number of hydrogen-bond donors (Lipinski definition) is 1. The number of benzene rings is 1. The number of hydrogen-bond acceptors (Lipinski definition) is 3. The van der Waals surface area contributed by atoms with E-state index in [1.54, 1.807) is 17.4 Å². The molecule has 0 amide bonds. The van der Waals surface area contributed by atoms with Gasteiger partial charge in [-0.3, -0.25) is 0 Å². The highest BCUT2D eigenvalue weighted by atomic mass is 32.1. The number of halogens is 1. The van der Waals surface area contributed by atoms with Crippen LogP contribution in [0.1, 0.15) is 9.75 Å². The van der Waals surface area contributed by atoms with Crippen molar-refractivity contribution in [3.63, 3.8) is 0 Å². The third kappa shape index (κ3) is 3.05. The highest BCUT2D eigenvalue weighted by Gasteiger charge is 2.05. The van der Waals surface area contributed by atoms with Crippen molar-refractivity contribution in [1.82, 2.24) is 0 Å². The van der Waals surface area contributed by atoms with Crippen LogP contribution < -0.4 is 10.6 Å². The fraction of sp³-hybridized carbons (Fsp3) is 0.231. The number of anilines is 1. The summed E-state index contributed by atoms with van der Waals surface area (Å²) in [4.78, 5) is 4.43. The monoisotopic (exact) mass is 250 g/mol. The molecular weight excluding hydrogens is 235 g/mol. The molecule has 0 atom stereocenters. The highest BCUT2D eigenvalue weighted by Crippen LogP contribution is 2.21. The average molecular weight is 250 g/mol. The lowest BCUT2D eigenvalue weighted by Crippen LogP contribution is -2.15. The van der Waals surface area contributed by atoms with Crippen molar-refractivity contribution in [2.24, 2.45) is 5.73 Å². The van der Waals surface area contributed by atoms with Gasteiger partial charge in [-0.25, -0.2) is 4.39 Å². The van der Waals surface area contributed by atoms with Crippen LogP contribution in [-0.2, 0) is 13.1 Å². The second-order valence-corrected chi connectivity index (χ2v) is 5.16. The maximum absolute atomic E-state index is 13.1. The Hall–Kier alpha value is -1.39. The zero-order valence-corrected chi connectivity index (χ0v) is 10.5. The van der Waals surface area contributed by atoms with Crippen molar-refractivity contribution in [2.75, 3.05) is 11.9 Å². The minimum absolute atomic E-state index is 0.205. The van der Waals surface area contributed by atoms with E-state index in [-0.39, 0.29) is 5.82 Å². The van der Waals surface area contributed by atoms with E-state index in [1.807, 2.05) is 24.1 Å². The first-order chi connectivity index (χ1) is 8.19. The number of rotatable bonds is 4. The molecule has 0 radical (unpaired) electrons. The molecule has 2 N–H and O–H groups in total. The third-order valence-corrected chi connectivity index (χ3v) is 3.65. The summed E-state index contributed by atoms with van der Waals surface area (Å²) >= 11 is 1.70. The molecule has 1 aromatic heterocycles. The molecule has 2 nitrogen and oxygen atoms in total. The first-order valence-electron chi connectivity index (χ1n) is 5.43. The van der Waals surface area contributed by atoms with E-state index >= 15 is 0 Å². The van der Waals surface area contributed by atoms with Gasteiger partial charge in [0.15, 0.2) is 0 Å². The van der Waals surface area contributed by atoms with Gasteiger partial charge < -0.3 is 10.6 Å². The molecule has 0 spiro atoms. The molecule has 0 aliphatic heterocycles. The van der Waals surface area contributed by atoms with Gasteiger partial charge in [-0.15, -0.1) is 11.3 Å². The SMILES string of the molecule is CN(Cc1ccc(CN)s1)c1cccc(F)c1. The summed E-state index contributed by atoms with van der Waals surface area (Å²) in [5.74, 6) is -0.205. The summed E-state index contributed by atoms with van der Waals surface area (Å²) in [5, 5.41) is 0. The molecule has 0 fully saturated rings. The Labute approximate surface area is 104 Å². The summed E-state index contributed by atoms with van der Waals surface area (Å²) < 4.78 is 13.1. The first kappa shape index (κ1) is 12.1. The van der Waals surface area contributed by atoms with Crippen LogP contribution in [0.2, 0.25) is 0 Å². The molecule has 1 aromatic carbocycles. The molecule has 90 valence electrons. The van der Waals surface area contributed by atoms with E-state index in [0.29, 0.717) is 6.54 Å². The van der Waals surface area contributed by atoms with Gasteiger partial charge >= 0.3 is 0 Å². The van der Waals surface area contributed by atoms with Crippen LogP contribution in [0.15, 0.2) is 36.4 Å². The van der Waals surface area contributed by atoms with Gasteiger partial charge in [0.05, 0.1) is 6.54 Å². The van der Waals surface area contributed by atoms with Crippen LogP contribution in [-0.4, -0.2) is 7.05 Å². The highest BCUT2D eigenvalue weighted by molar-refractivity contribution is 7.12. The van der Waals surface area contributed by atoms with Crippen molar-refractivity contribution in [3.05, 3.63) is 52.0 Å². The normalized spacial score (nSPS) is 10.5. The topological polar surface area (TPSA) is 29.3 Å². The summed E-state index contributed by atoms with van der Waals surface area (Å²) in [6.45, 7) is 1.35. The van der Waals surface area contributed by atoms with Crippen LogP contribution in [0, 0.1) is 5.82 Å². The third-order valence-electron chi connectivity index (χ3n) is 2.56. The predicted molar refractivity (Wildman–Crippen MR) is 70.7 cm³/mol. The molecule has 0 saturated heterocycles. The molecular formula is C13H15FN2S. The fourth-order valence-electron chi connectivity index (χ4n) is 1.66. The van der Waals surface area contributed by atoms with Crippen LogP contribution >= 0.6 is 11.3 Å². The first-order valence-corrected chi connectivity index (χ1v) is 6.25. The molecule has 0 bridgehead atoms. The van der Waals surface area contributed by atoms with Crippen molar-refractivity contribution >= 4 is 17.0 Å². The van der Waals surface area contributed by atoms with Crippen molar-refractivity contribution in [2.45, 2.75) is 13.1 Å². The predicted octanol–water partition coefficient (Wildman–Crippen LogP) is 2.98. The summed E-state index contributed by atoms with van der Waals surface area (Å²) in [5.41, 5.74) is 6.45. The van der Waals surface area contributed by atoms with Gasteiger partial charge in [0.2, 0.25) is 0 Å². The van der Waals surface area contributed by atoms with Crippen molar-refractivity contribution in [3.8, 4) is 0 Å². The smallest absolute Gasteiger partial charge is 0.125 e. The Balaban J connectivity index is 2.08. The van der Waals surface area contributed by atoms with Gasteiger partial charge in [-0.1, -0.05) is 6.07 Å². The average Bonchev–Trinajstić information content (AvgIpc) is 2.77. The Morgan fingerprint density at radius 2 is 2.00 bits per heavy atom. The van der Waals surface area contributed by atoms with E-state index < -0.39 is 0 Å². The lowest BCUT2D eigenvalue weighted by molar-refractivity contribution is 0.627. The van der Waals surface area contributed by atoms with E-state index in [4.69, 9.17) is 5.73 Å². The molecule has 4 heteroatoms. The Kier molecular flexibility index (Phi) is 3.76. The zero-order valence-electron chi connectivity index (χ0n) is 9.69. The maximum atomic E-state index is 13.1. The summed E-state index contributed by atoms with van der Waals surface area (Å²) in [6, 6.07) is 10.7. The van der Waals surface area contributed by atoms with E-state index in [0.717, 1.165) is 12.2 Å². The van der Waals surface area contributed by atoms with E-state index in [1.165, 1.54) is 21.9 Å². The van der Waals surface area contributed by atoms with E-state index in [9.17, 15) is 4.39 Å². The number of nitrogens with zero attached hydrogens (tertiary/aromatic N) is 1. The quantitative estimate of drug-likeness (QED) is 0.904. The van der Waals surface area contributed by atoms with Gasteiger partial charge in [0.25, 0.3) is 0 Å². The largest absolute Gasteiger partial charge is 0.369 e. The fourth-order valence-corrected chi connectivity index (χ4v) is 2.61. The molecule has 17 heavy (non-hydrogen) atoms. The van der Waals surface area contributed by atoms with Gasteiger partial charge in [0.1, 0.15) is 5.82 Å². The molecule has 2 rings (SSSR count). The lowest BCUT2D eigenvalue weighted by atomic mass is 10.3. The second-order valence-electron chi connectivity index (χ2n) is 3.91. The molecule has 0 saturated carbocycles. The zero-order chi connectivity index (χ0) is 12.3. The standard InChI is InChI=1S/C13H15FN2S/c1-16(11-4-2-3-10(14)7-11)9-13-6-5-12(8-15)17-13/h2-7H,8-9,15H2,1H3. The Morgan fingerprint density at radius 1 is 1.24 bits per heavy atom. The molecule has 0 unspecified atom stereocenters. The van der Waals surface area contributed by atoms with Crippen LogP contribution in [0.3, 0.4) is 0 Å². The Morgan fingerprint density at radius 3 is 2.65 bits per heavy atom. The molecule has 2 aromatic rings. The number of nitrogens with two attached hydrogens (primary N) is 1. The van der Waals surface area contributed by atoms with Crippen LogP contribution in [0.4, 0.5) is 10.1 Å². The van der Waals surface area contributed by atoms with Gasteiger partial charge in [-0.05, 0) is 30.3 Å². The molecule has 1 heterocycles. The molecule has 0 aliphatic carbocycles. The van der Waals surface area contributed by atoms with Crippen LogP contribution in [0.5, 0.6) is 0 Å². The molecule has 0 aliphatic rings. The lowest BCUT2D eigenvalue weighted by Gasteiger charge is -2.18. The Bertz CT molecular complexity index is 496. The minimum Gasteiger partial charge on any atom is -0.369 e. The van der Waals surface area contributed by atoms with Crippen LogP contribution in [0.25, 0.3) is 0 Å². The summed E-state index contributed by atoms with van der Waals surface area (Å²) in [7, 11) is 1.95. The van der Waals surface area contributed by atoms with Gasteiger partial charge in [-0.2, -0.15) is 0 Å². The van der Waals surface area contributed by atoms with Gasteiger partial charge in [0, 0.05) is 29.0 Å². The number of thiophene rings is 1. The van der Waals surface area contributed by atoms with Crippen molar-refractivity contribution in [1.29, 1.82) is 0 Å². The van der Waals surface area contributed by atoms with E-state index in [2.05, 4.69) is 6.07 Å².